The molecule has 0 saturated carbocycles. The topological polar surface area (TPSA) is 64.7 Å². The van der Waals surface area contributed by atoms with E-state index in [9.17, 15) is 9.59 Å². The standard InChI is InChI=1S/C32H48N4O2/c1-5-8-9-10-11-26-12-14-27(15-13-26)31(37)34-28-16-17-30(36-21-18-25(4)19-22-36)29(24-28)32(38)33-20-23-35(6-2)7-3/h12-17,24-25H,5-11,18-23H2,1-4H3,(H,33,38)(H,34,37). The number of rotatable bonds is 14. The van der Waals surface area contributed by atoms with Crippen LogP contribution in [0.25, 0.3) is 0 Å². The summed E-state index contributed by atoms with van der Waals surface area (Å²) in [6, 6.07) is 13.6. The van der Waals surface area contributed by atoms with Gasteiger partial charge in [-0.3, -0.25) is 9.59 Å². The van der Waals surface area contributed by atoms with E-state index < -0.39 is 0 Å². The number of aryl methyl sites for hydroxylation is 1. The number of amides is 2. The first-order chi connectivity index (χ1) is 18.4. The molecule has 2 aromatic rings. The number of nitrogens with one attached hydrogen (secondary N) is 2. The highest BCUT2D eigenvalue weighted by Crippen LogP contribution is 2.29. The fourth-order valence-corrected chi connectivity index (χ4v) is 5.07. The van der Waals surface area contributed by atoms with E-state index in [0.29, 0.717) is 29.3 Å². The number of unbranched alkanes of at least 4 members (excludes halogenated alkanes) is 3. The highest BCUT2D eigenvalue weighted by molar-refractivity contribution is 6.06. The molecule has 2 aromatic carbocycles. The second-order valence-corrected chi connectivity index (χ2v) is 10.6. The normalized spacial score (nSPS) is 14.1. The van der Waals surface area contributed by atoms with Crippen molar-refractivity contribution in [3.05, 3.63) is 59.2 Å². The van der Waals surface area contributed by atoms with E-state index in [1.54, 1.807) is 0 Å². The fraction of sp³-hybridized carbons (Fsp3) is 0.562. The van der Waals surface area contributed by atoms with E-state index in [-0.39, 0.29) is 11.8 Å². The molecule has 1 fully saturated rings. The number of hydrogen-bond donors (Lipinski definition) is 2. The van der Waals surface area contributed by atoms with E-state index in [1.165, 1.54) is 31.2 Å². The van der Waals surface area contributed by atoms with Crippen LogP contribution < -0.4 is 15.5 Å². The molecule has 0 spiro atoms. The van der Waals surface area contributed by atoms with Gasteiger partial charge in [-0.1, -0.05) is 59.1 Å². The monoisotopic (exact) mass is 520 g/mol. The van der Waals surface area contributed by atoms with Gasteiger partial charge in [0, 0.05) is 43.1 Å². The van der Waals surface area contributed by atoms with Crippen LogP contribution in [0.4, 0.5) is 11.4 Å². The third kappa shape index (κ3) is 8.87. The maximum atomic E-state index is 13.3. The number of carbonyl (C=O) groups excluding carboxylic acids is 2. The third-order valence-electron chi connectivity index (χ3n) is 7.77. The van der Waals surface area contributed by atoms with E-state index in [1.807, 2.05) is 30.3 Å². The maximum Gasteiger partial charge on any atom is 0.255 e. The summed E-state index contributed by atoms with van der Waals surface area (Å²) in [5, 5.41) is 6.13. The number of hydrogen-bond acceptors (Lipinski definition) is 4. The van der Waals surface area contributed by atoms with Gasteiger partial charge < -0.3 is 20.4 Å². The smallest absolute Gasteiger partial charge is 0.255 e. The SMILES string of the molecule is CCCCCCc1ccc(C(=O)Nc2ccc(N3CCC(C)CC3)c(C(=O)NCCN(CC)CC)c2)cc1. The van der Waals surface area contributed by atoms with Gasteiger partial charge in [0.2, 0.25) is 0 Å². The first kappa shape index (κ1) is 29.7. The molecule has 1 saturated heterocycles. The van der Waals surface area contributed by atoms with Crippen molar-refractivity contribution in [2.24, 2.45) is 5.92 Å². The zero-order valence-corrected chi connectivity index (χ0v) is 24.0. The first-order valence-corrected chi connectivity index (χ1v) is 14.7. The lowest BCUT2D eigenvalue weighted by atomic mass is 9.97. The Balaban J connectivity index is 1.70. The zero-order chi connectivity index (χ0) is 27.3. The molecule has 0 aliphatic carbocycles. The predicted molar refractivity (Wildman–Crippen MR) is 159 cm³/mol. The maximum absolute atomic E-state index is 13.3. The molecule has 0 bridgehead atoms. The van der Waals surface area contributed by atoms with Gasteiger partial charge in [0.15, 0.2) is 0 Å². The largest absolute Gasteiger partial charge is 0.371 e. The van der Waals surface area contributed by atoms with Crippen molar-refractivity contribution in [3.8, 4) is 0 Å². The molecule has 3 rings (SSSR count). The van der Waals surface area contributed by atoms with Gasteiger partial charge >= 0.3 is 0 Å². The van der Waals surface area contributed by atoms with E-state index >= 15 is 0 Å². The van der Waals surface area contributed by atoms with Crippen molar-refractivity contribution < 1.29 is 9.59 Å². The molecule has 38 heavy (non-hydrogen) atoms. The Morgan fingerprint density at radius 2 is 1.63 bits per heavy atom. The first-order valence-electron chi connectivity index (χ1n) is 14.7. The number of anilines is 2. The summed E-state index contributed by atoms with van der Waals surface area (Å²) in [4.78, 5) is 31.0. The van der Waals surface area contributed by atoms with E-state index in [2.05, 4.69) is 60.3 Å². The molecule has 2 N–H and O–H groups in total. The van der Waals surface area contributed by atoms with Crippen molar-refractivity contribution in [1.82, 2.24) is 10.2 Å². The summed E-state index contributed by atoms with van der Waals surface area (Å²) in [5.74, 6) is 0.461. The fourth-order valence-electron chi connectivity index (χ4n) is 5.07. The summed E-state index contributed by atoms with van der Waals surface area (Å²) in [5.41, 5.74) is 4.10. The Kier molecular flexibility index (Phi) is 12.1. The summed E-state index contributed by atoms with van der Waals surface area (Å²) in [6.45, 7) is 14.0. The number of benzene rings is 2. The van der Waals surface area contributed by atoms with Crippen LogP contribution in [0, 0.1) is 5.92 Å². The highest BCUT2D eigenvalue weighted by atomic mass is 16.2. The van der Waals surface area contributed by atoms with Crippen molar-refractivity contribution >= 4 is 23.2 Å². The third-order valence-corrected chi connectivity index (χ3v) is 7.77. The molecule has 0 radical (unpaired) electrons. The number of carbonyl (C=O) groups is 2. The summed E-state index contributed by atoms with van der Waals surface area (Å²) < 4.78 is 0. The molecule has 2 amide bonds. The van der Waals surface area contributed by atoms with Crippen molar-refractivity contribution in [1.29, 1.82) is 0 Å². The summed E-state index contributed by atoms with van der Waals surface area (Å²) in [6.07, 6.45) is 8.22. The lowest BCUT2D eigenvalue weighted by molar-refractivity contribution is 0.0948. The highest BCUT2D eigenvalue weighted by Gasteiger charge is 2.22. The van der Waals surface area contributed by atoms with Crippen LogP contribution in [0.15, 0.2) is 42.5 Å². The minimum Gasteiger partial charge on any atom is -0.371 e. The minimum absolute atomic E-state index is 0.0886. The van der Waals surface area contributed by atoms with Crippen LogP contribution >= 0.6 is 0 Å². The van der Waals surface area contributed by atoms with Crippen LogP contribution in [0.1, 0.15) is 92.5 Å². The van der Waals surface area contributed by atoms with Gasteiger partial charge in [0.05, 0.1) is 5.56 Å². The molecule has 1 aliphatic rings. The van der Waals surface area contributed by atoms with Crippen molar-refractivity contribution in [3.63, 3.8) is 0 Å². The molecular weight excluding hydrogens is 472 g/mol. The quantitative estimate of drug-likeness (QED) is 0.284. The van der Waals surface area contributed by atoms with Crippen LogP contribution in [-0.2, 0) is 6.42 Å². The number of piperidine rings is 1. The number of likely N-dealkylation sites (N-methyl/N-ethyl adjacent to an activating group) is 1. The van der Waals surface area contributed by atoms with Gasteiger partial charge in [-0.05, 0) is 80.6 Å². The Hall–Kier alpha value is -2.86. The average molecular weight is 521 g/mol. The van der Waals surface area contributed by atoms with E-state index in [4.69, 9.17) is 0 Å². The molecule has 0 aromatic heterocycles. The van der Waals surface area contributed by atoms with Crippen LogP contribution in [0.3, 0.4) is 0 Å². The Morgan fingerprint density at radius 1 is 0.921 bits per heavy atom. The van der Waals surface area contributed by atoms with Gasteiger partial charge in [-0.15, -0.1) is 0 Å². The average Bonchev–Trinajstić information content (AvgIpc) is 2.94. The van der Waals surface area contributed by atoms with Gasteiger partial charge in [0.1, 0.15) is 0 Å². The van der Waals surface area contributed by atoms with Gasteiger partial charge in [0.25, 0.3) is 11.8 Å². The van der Waals surface area contributed by atoms with Gasteiger partial charge in [-0.2, -0.15) is 0 Å². The van der Waals surface area contributed by atoms with Crippen LogP contribution in [-0.4, -0.2) is 56.0 Å². The van der Waals surface area contributed by atoms with Crippen LogP contribution in [0.2, 0.25) is 0 Å². The summed E-state index contributed by atoms with van der Waals surface area (Å²) >= 11 is 0. The van der Waals surface area contributed by atoms with Crippen LogP contribution in [0.5, 0.6) is 0 Å². The van der Waals surface area contributed by atoms with Crippen molar-refractivity contribution in [2.75, 3.05) is 49.5 Å². The zero-order valence-electron chi connectivity index (χ0n) is 24.0. The summed E-state index contributed by atoms with van der Waals surface area (Å²) in [7, 11) is 0. The Labute approximate surface area is 230 Å². The van der Waals surface area contributed by atoms with E-state index in [0.717, 1.165) is 57.7 Å². The molecular formula is C32H48N4O2. The molecule has 0 atom stereocenters. The molecule has 208 valence electrons. The van der Waals surface area contributed by atoms with Gasteiger partial charge in [-0.25, -0.2) is 0 Å². The molecule has 0 unspecified atom stereocenters. The predicted octanol–water partition coefficient (Wildman–Crippen LogP) is 6.37. The molecule has 6 nitrogen and oxygen atoms in total. The molecule has 1 heterocycles. The Morgan fingerprint density at radius 3 is 2.29 bits per heavy atom. The Bertz CT molecular complexity index is 1010. The number of nitrogens with zero attached hydrogens (tertiary/aromatic N) is 2. The lowest BCUT2D eigenvalue weighted by Gasteiger charge is -2.33. The molecule has 1 aliphatic heterocycles. The molecule has 6 heteroatoms. The van der Waals surface area contributed by atoms with Crippen molar-refractivity contribution in [2.45, 2.75) is 72.6 Å². The second-order valence-electron chi connectivity index (χ2n) is 10.6. The second kappa shape index (κ2) is 15.5. The minimum atomic E-state index is -0.157. The lowest BCUT2D eigenvalue weighted by Crippen LogP contribution is -2.37.